The Balaban J connectivity index is 2.33. The molecule has 88 valence electrons. The van der Waals surface area contributed by atoms with Gasteiger partial charge in [0.2, 0.25) is 0 Å². The molecule has 0 saturated heterocycles. The van der Waals surface area contributed by atoms with Crippen molar-refractivity contribution in [1.82, 2.24) is 15.3 Å². The molecule has 1 rings (SSSR count). The molecule has 0 aliphatic rings. The van der Waals surface area contributed by atoms with Gasteiger partial charge < -0.3 is 16.3 Å². The Labute approximate surface area is 94.6 Å². The Morgan fingerprint density at radius 3 is 2.88 bits per heavy atom. The van der Waals surface area contributed by atoms with E-state index in [0.717, 1.165) is 11.4 Å². The molecule has 1 aromatic heterocycles. The van der Waals surface area contributed by atoms with Crippen molar-refractivity contribution < 1.29 is 5.21 Å². The van der Waals surface area contributed by atoms with Gasteiger partial charge >= 0.3 is 0 Å². The van der Waals surface area contributed by atoms with Gasteiger partial charge in [0.05, 0.1) is 11.4 Å². The third kappa shape index (κ3) is 3.82. The van der Waals surface area contributed by atoms with Crippen molar-refractivity contribution in [2.75, 3.05) is 6.54 Å². The molecular weight excluding hydrogens is 206 g/mol. The predicted molar refractivity (Wildman–Crippen MR) is 61.0 cm³/mol. The number of aromatic nitrogens is 2. The summed E-state index contributed by atoms with van der Waals surface area (Å²) in [6.45, 7) is 5.02. The van der Waals surface area contributed by atoms with Gasteiger partial charge in [-0.15, -0.1) is 0 Å². The molecule has 16 heavy (non-hydrogen) atoms. The molecule has 0 aromatic carbocycles. The monoisotopic (exact) mass is 223 g/mol. The highest BCUT2D eigenvalue weighted by molar-refractivity contribution is 5.82. The van der Waals surface area contributed by atoms with Gasteiger partial charge in [0.1, 0.15) is 5.84 Å². The van der Waals surface area contributed by atoms with Gasteiger partial charge in [-0.05, 0) is 6.92 Å². The molecule has 0 amide bonds. The zero-order chi connectivity index (χ0) is 12.0. The van der Waals surface area contributed by atoms with E-state index in [0.29, 0.717) is 13.1 Å². The fourth-order valence-electron chi connectivity index (χ4n) is 1.13. The van der Waals surface area contributed by atoms with E-state index in [1.54, 1.807) is 12.4 Å². The fourth-order valence-corrected chi connectivity index (χ4v) is 1.13. The van der Waals surface area contributed by atoms with Crippen molar-refractivity contribution in [1.29, 1.82) is 0 Å². The minimum Gasteiger partial charge on any atom is -0.409 e. The molecule has 4 N–H and O–H groups in total. The summed E-state index contributed by atoms with van der Waals surface area (Å²) in [6.07, 6.45) is 3.46. The van der Waals surface area contributed by atoms with E-state index in [1.165, 1.54) is 0 Å². The first-order chi connectivity index (χ1) is 7.63. The topological polar surface area (TPSA) is 96.4 Å². The fraction of sp³-hybridized carbons (Fsp3) is 0.500. The highest BCUT2D eigenvalue weighted by Gasteiger charge is 2.06. The third-order valence-corrected chi connectivity index (χ3v) is 2.21. The Kier molecular flexibility index (Phi) is 4.65. The number of nitrogens with two attached hydrogens (primary N) is 1. The summed E-state index contributed by atoms with van der Waals surface area (Å²) in [7, 11) is 0. The largest absolute Gasteiger partial charge is 0.409 e. The SMILES string of the molecule is Cc1cnc(CNCC(C)C(N)=NO)cn1. The van der Waals surface area contributed by atoms with Crippen LogP contribution in [0.5, 0.6) is 0 Å². The van der Waals surface area contributed by atoms with Crippen LogP contribution in [-0.2, 0) is 6.54 Å². The highest BCUT2D eigenvalue weighted by atomic mass is 16.4. The maximum absolute atomic E-state index is 8.46. The minimum atomic E-state index is -0.0107. The number of amidine groups is 1. The Morgan fingerprint density at radius 1 is 1.56 bits per heavy atom. The second-order valence-corrected chi connectivity index (χ2v) is 3.71. The summed E-state index contributed by atoms with van der Waals surface area (Å²) >= 11 is 0. The van der Waals surface area contributed by atoms with Gasteiger partial charge in [-0.25, -0.2) is 0 Å². The third-order valence-electron chi connectivity index (χ3n) is 2.21. The van der Waals surface area contributed by atoms with Crippen LogP contribution in [0.3, 0.4) is 0 Å². The highest BCUT2D eigenvalue weighted by Crippen LogP contribution is 1.96. The van der Waals surface area contributed by atoms with Crippen LogP contribution < -0.4 is 11.1 Å². The molecule has 0 fully saturated rings. The lowest BCUT2D eigenvalue weighted by molar-refractivity contribution is 0.314. The molecule has 0 bridgehead atoms. The maximum Gasteiger partial charge on any atom is 0.143 e. The van der Waals surface area contributed by atoms with Crippen molar-refractivity contribution in [3.05, 3.63) is 23.8 Å². The van der Waals surface area contributed by atoms with Gasteiger partial charge in [-0.3, -0.25) is 9.97 Å². The first kappa shape index (κ1) is 12.4. The zero-order valence-electron chi connectivity index (χ0n) is 9.51. The van der Waals surface area contributed by atoms with Crippen LogP contribution in [0, 0.1) is 12.8 Å². The summed E-state index contributed by atoms with van der Waals surface area (Å²) in [5, 5.41) is 14.6. The number of nitrogens with one attached hydrogen (secondary N) is 1. The maximum atomic E-state index is 8.46. The van der Waals surface area contributed by atoms with Gasteiger partial charge in [0.25, 0.3) is 0 Å². The first-order valence-electron chi connectivity index (χ1n) is 5.09. The molecular formula is C10H17N5O. The van der Waals surface area contributed by atoms with Crippen LogP contribution in [0.15, 0.2) is 17.5 Å². The van der Waals surface area contributed by atoms with Crippen molar-refractivity contribution in [3.8, 4) is 0 Å². The first-order valence-corrected chi connectivity index (χ1v) is 5.09. The Morgan fingerprint density at radius 2 is 2.31 bits per heavy atom. The lowest BCUT2D eigenvalue weighted by atomic mass is 10.1. The number of oxime groups is 1. The molecule has 6 heteroatoms. The molecule has 6 nitrogen and oxygen atoms in total. The molecule has 1 atom stereocenters. The minimum absolute atomic E-state index is 0.0107. The van der Waals surface area contributed by atoms with Crippen molar-refractivity contribution >= 4 is 5.84 Å². The normalized spacial score (nSPS) is 13.8. The van der Waals surface area contributed by atoms with Gasteiger partial charge in [-0.1, -0.05) is 12.1 Å². The Hall–Kier alpha value is -1.69. The van der Waals surface area contributed by atoms with Crippen molar-refractivity contribution in [3.63, 3.8) is 0 Å². The molecule has 0 spiro atoms. The second kappa shape index (κ2) is 6.02. The van der Waals surface area contributed by atoms with Gasteiger partial charge in [-0.2, -0.15) is 0 Å². The van der Waals surface area contributed by atoms with Crippen LogP contribution in [0.25, 0.3) is 0 Å². The molecule has 1 aromatic rings. The average molecular weight is 223 g/mol. The number of hydrogen-bond acceptors (Lipinski definition) is 5. The van der Waals surface area contributed by atoms with Crippen molar-refractivity contribution in [2.24, 2.45) is 16.8 Å². The van der Waals surface area contributed by atoms with Gasteiger partial charge in [0.15, 0.2) is 0 Å². The number of hydrogen-bond donors (Lipinski definition) is 3. The molecule has 0 saturated carbocycles. The molecule has 0 aliphatic carbocycles. The molecule has 0 aliphatic heterocycles. The summed E-state index contributed by atoms with van der Waals surface area (Å²) in [5.74, 6) is 0.214. The predicted octanol–water partition coefficient (Wildman–Crippen LogP) is 0.257. The quantitative estimate of drug-likeness (QED) is 0.288. The smallest absolute Gasteiger partial charge is 0.143 e. The standard InChI is InChI=1S/C10H17N5O/c1-7(10(11)15-16)3-12-5-9-6-13-8(2)4-14-9/h4,6-7,12,16H,3,5H2,1-2H3,(H2,11,15). The lowest BCUT2D eigenvalue weighted by Gasteiger charge is -2.10. The molecule has 1 heterocycles. The van der Waals surface area contributed by atoms with Gasteiger partial charge in [0, 0.05) is 31.4 Å². The van der Waals surface area contributed by atoms with Crippen LogP contribution in [-0.4, -0.2) is 27.6 Å². The summed E-state index contributed by atoms with van der Waals surface area (Å²) < 4.78 is 0. The Bertz CT molecular complexity index is 349. The van der Waals surface area contributed by atoms with Crippen molar-refractivity contribution in [2.45, 2.75) is 20.4 Å². The van der Waals surface area contributed by atoms with E-state index < -0.39 is 0 Å². The second-order valence-electron chi connectivity index (χ2n) is 3.71. The molecule has 1 unspecified atom stereocenters. The van der Waals surface area contributed by atoms with Crippen LogP contribution >= 0.6 is 0 Å². The summed E-state index contributed by atoms with van der Waals surface area (Å²) in [5.41, 5.74) is 7.22. The van der Waals surface area contributed by atoms with Crippen LogP contribution in [0.2, 0.25) is 0 Å². The zero-order valence-corrected chi connectivity index (χ0v) is 9.51. The number of rotatable bonds is 5. The van der Waals surface area contributed by atoms with E-state index in [4.69, 9.17) is 10.9 Å². The van der Waals surface area contributed by atoms with Crippen LogP contribution in [0.1, 0.15) is 18.3 Å². The van der Waals surface area contributed by atoms with Crippen LogP contribution in [0.4, 0.5) is 0 Å². The number of aryl methyl sites for hydroxylation is 1. The summed E-state index contributed by atoms with van der Waals surface area (Å²) in [4.78, 5) is 8.34. The van der Waals surface area contributed by atoms with E-state index in [9.17, 15) is 0 Å². The summed E-state index contributed by atoms with van der Waals surface area (Å²) in [6, 6.07) is 0. The van der Waals surface area contributed by atoms with E-state index in [-0.39, 0.29) is 11.8 Å². The molecule has 0 radical (unpaired) electrons. The van der Waals surface area contributed by atoms with E-state index in [1.807, 2.05) is 13.8 Å². The average Bonchev–Trinajstić information content (AvgIpc) is 2.30. The number of nitrogens with zero attached hydrogens (tertiary/aromatic N) is 3. The van der Waals surface area contributed by atoms with E-state index in [2.05, 4.69) is 20.4 Å². The lowest BCUT2D eigenvalue weighted by Crippen LogP contribution is -2.31. The van der Waals surface area contributed by atoms with E-state index >= 15 is 0 Å².